The van der Waals surface area contributed by atoms with Gasteiger partial charge in [-0.3, -0.25) is 4.90 Å². The molecule has 2 N–H and O–H groups in total. The fourth-order valence-corrected chi connectivity index (χ4v) is 3.55. The van der Waals surface area contributed by atoms with E-state index in [4.69, 9.17) is 5.73 Å². The van der Waals surface area contributed by atoms with Gasteiger partial charge in [0, 0.05) is 18.0 Å². The summed E-state index contributed by atoms with van der Waals surface area (Å²) in [4.78, 5) is 2.36. The van der Waals surface area contributed by atoms with Gasteiger partial charge in [-0.1, -0.05) is 26.7 Å². The molecule has 1 saturated carbocycles. The Morgan fingerprint density at radius 2 is 1.68 bits per heavy atom. The molecule has 0 spiro atoms. The lowest BCUT2D eigenvalue weighted by atomic mass is 9.83. The Labute approximate surface area is 114 Å². The van der Waals surface area contributed by atoms with Crippen molar-refractivity contribution in [1.82, 2.24) is 4.90 Å². The zero-order chi connectivity index (χ0) is 14.5. The molecule has 1 rings (SSSR count). The molecule has 1 atom stereocenters. The molecule has 0 aromatic carbocycles. The fraction of sp³-hybridized carbons (Fsp3) is 1.00. The molecule has 0 aromatic rings. The van der Waals surface area contributed by atoms with Gasteiger partial charge in [0.2, 0.25) is 0 Å². The molecule has 0 radical (unpaired) electrons. The highest BCUT2D eigenvalue weighted by Gasteiger charge is 2.43. The molecule has 1 aliphatic rings. The predicted molar refractivity (Wildman–Crippen MR) is 72.0 cm³/mol. The fourth-order valence-electron chi connectivity index (χ4n) is 3.55. The summed E-state index contributed by atoms with van der Waals surface area (Å²) in [6, 6.07) is -0.141. The first kappa shape index (κ1) is 16.8. The van der Waals surface area contributed by atoms with Gasteiger partial charge in [-0.15, -0.1) is 0 Å². The van der Waals surface area contributed by atoms with Crippen LogP contribution in [-0.2, 0) is 0 Å². The SMILES string of the molecule is CCN(CC)C1(C(N)CCCC(F)(F)F)CCCC1. The van der Waals surface area contributed by atoms with E-state index in [2.05, 4.69) is 18.7 Å². The molecule has 0 saturated heterocycles. The molecule has 1 fully saturated rings. The van der Waals surface area contributed by atoms with Crippen LogP contribution in [0.2, 0.25) is 0 Å². The first-order chi connectivity index (χ1) is 8.85. The highest BCUT2D eigenvalue weighted by atomic mass is 19.4. The minimum atomic E-state index is -4.06. The van der Waals surface area contributed by atoms with Crippen molar-refractivity contribution in [3.8, 4) is 0 Å². The van der Waals surface area contributed by atoms with Gasteiger partial charge in [0.05, 0.1) is 0 Å². The number of alkyl halides is 3. The average Bonchev–Trinajstić information content (AvgIpc) is 2.79. The molecule has 114 valence electrons. The van der Waals surface area contributed by atoms with Crippen molar-refractivity contribution in [2.45, 2.75) is 76.6 Å². The Kier molecular flexibility index (Phi) is 6.12. The van der Waals surface area contributed by atoms with E-state index in [0.29, 0.717) is 6.42 Å². The third-order valence-electron chi connectivity index (χ3n) is 4.53. The van der Waals surface area contributed by atoms with Crippen LogP contribution in [0.25, 0.3) is 0 Å². The summed E-state index contributed by atoms with van der Waals surface area (Å²) in [5, 5.41) is 0. The largest absolute Gasteiger partial charge is 0.389 e. The second-order valence-corrected chi connectivity index (χ2v) is 5.60. The summed E-state index contributed by atoms with van der Waals surface area (Å²) < 4.78 is 36.7. The van der Waals surface area contributed by atoms with E-state index in [-0.39, 0.29) is 18.0 Å². The van der Waals surface area contributed by atoms with Crippen molar-refractivity contribution >= 4 is 0 Å². The highest BCUT2D eigenvalue weighted by molar-refractivity contribution is 5.01. The standard InChI is InChI=1S/C14H27F3N2/c1-3-19(4-2)13(9-5-6-10-13)12(18)8-7-11-14(15,16)17/h12H,3-11,18H2,1-2H3. The Morgan fingerprint density at radius 1 is 1.16 bits per heavy atom. The predicted octanol–water partition coefficient (Wildman–Crippen LogP) is 3.70. The van der Waals surface area contributed by atoms with Crippen LogP contribution in [0.1, 0.15) is 58.8 Å². The van der Waals surface area contributed by atoms with Gasteiger partial charge in [0.1, 0.15) is 0 Å². The monoisotopic (exact) mass is 280 g/mol. The maximum absolute atomic E-state index is 12.2. The van der Waals surface area contributed by atoms with E-state index in [1.165, 1.54) is 0 Å². The molecule has 0 heterocycles. The van der Waals surface area contributed by atoms with Crippen molar-refractivity contribution in [2.24, 2.45) is 5.73 Å². The first-order valence-electron chi connectivity index (χ1n) is 7.43. The van der Waals surface area contributed by atoms with E-state index in [0.717, 1.165) is 38.8 Å². The smallest absolute Gasteiger partial charge is 0.326 e. The van der Waals surface area contributed by atoms with Gasteiger partial charge in [-0.05, 0) is 38.8 Å². The Hall–Kier alpha value is -0.290. The van der Waals surface area contributed by atoms with Crippen molar-refractivity contribution in [3.63, 3.8) is 0 Å². The summed E-state index contributed by atoms with van der Waals surface area (Å²) in [5.41, 5.74) is 6.23. The van der Waals surface area contributed by atoms with Crippen molar-refractivity contribution in [2.75, 3.05) is 13.1 Å². The quantitative estimate of drug-likeness (QED) is 0.770. The Morgan fingerprint density at radius 3 is 2.11 bits per heavy atom. The molecule has 0 bridgehead atoms. The second-order valence-electron chi connectivity index (χ2n) is 5.60. The lowest BCUT2D eigenvalue weighted by molar-refractivity contribution is -0.136. The third kappa shape index (κ3) is 4.35. The number of rotatable bonds is 7. The molecule has 19 heavy (non-hydrogen) atoms. The van der Waals surface area contributed by atoms with Crippen LogP contribution < -0.4 is 5.73 Å². The summed E-state index contributed by atoms with van der Waals surface area (Å²) >= 11 is 0. The Balaban J connectivity index is 2.60. The van der Waals surface area contributed by atoms with Gasteiger partial charge >= 0.3 is 6.18 Å². The van der Waals surface area contributed by atoms with Crippen LogP contribution in [0.5, 0.6) is 0 Å². The molecule has 0 aliphatic heterocycles. The highest BCUT2D eigenvalue weighted by Crippen LogP contribution is 2.39. The number of nitrogens with zero attached hydrogens (tertiary/aromatic N) is 1. The van der Waals surface area contributed by atoms with Gasteiger partial charge in [-0.2, -0.15) is 13.2 Å². The van der Waals surface area contributed by atoms with Gasteiger partial charge in [0.15, 0.2) is 0 Å². The van der Waals surface area contributed by atoms with Gasteiger partial charge in [-0.25, -0.2) is 0 Å². The maximum Gasteiger partial charge on any atom is 0.389 e. The first-order valence-corrected chi connectivity index (χ1v) is 7.43. The van der Waals surface area contributed by atoms with Crippen LogP contribution in [0.3, 0.4) is 0 Å². The molecule has 1 aliphatic carbocycles. The van der Waals surface area contributed by atoms with Crippen LogP contribution in [0, 0.1) is 0 Å². The second kappa shape index (κ2) is 6.93. The molecular formula is C14H27F3N2. The maximum atomic E-state index is 12.2. The van der Waals surface area contributed by atoms with E-state index in [1.54, 1.807) is 0 Å². The summed E-state index contributed by atoms with van der Waals surface area (Å²) in [7, 11) is 0. The molecule has 0 amide bonds. The topological polar surface area (TPSA) is 29.3 Å². The lowest BCUT2D eigenvalue weighted by Crippen LogP contribution is -2.58. The average molecular weight is 280 g/mol. The van der Waals surface area contributed by atoms with E-state index >= 15 is 0 Å². The van der Waals surface area contributed by atoms with E-state index < -0.39 is 12.6 Å². The number of likely N-dealkylation sites (N-methyl/N-ethyl adjacent to an activating group) is 1. The number of hydrogen-bond acceptors (Lipinski definition) is 2. The minimum absolute atomic E-state index is 0.0604. The normalized spacial score (nSPS) is 21.0. The minimum Gasteiger partial charge on any atom is -0.326 e. The lowest BCUT2D eigenvalue weighted by Gasteiger charge is -2.45. The van der Waals surface area contributed by atoms with Crippen LogP contribution in [0.15, 0.2) is 0 Å². The van der Waals surface area contributed by atoms with E-state index in [1.807, 2.05) is 0 Å². The van der Waals surface area contributed by atoms with Gasteiger partial charge < -0.3 is 5.73 Å². The van der Waals surface area contributed by atoms with Crippen LogP contribution in [0.4, 0.5) is 13.2 Å². The van der Waals surface area contributed by atoms with Crippen molar-refractivity contribution in [3.05, 3.63) is 0 Å². The molecule has 0 aromatic heterocycles. The van der Waals surface area contributed by atoms with Gasteiger partial charge in [0.25, 0.3) is 0 Å². The number of nitrogens with two attached hydrogens (primary N) is 1. The van der Waals surface area contributed by atoms with E-state index in [9.17, 15) is 13.2 Å². The van der Waals surface area contributed by atoms with Crippen molar-refractivity contribution < 1.29 is 13.2 Å². The molecule has 2 nitrogen and oxygen atoms in total. The molecule has 1 unspecified atom stereocenters. The number of halogens is 3. The third-order valence-corrected chi connectivity index (χ3v) is 4.53. The zero-order valence-electron chi connectivity index (χ0n) is 12.1. The number of hydrogen-bond donors (Lipinski definition) is 1. The van der Waals surface area contributed by atoms with Crippen LogP contribution in [-0.4, -0.2) is 35.7 Å². The molecule has 5 heteroatoms. The van der Waals surface area contributed by atoms with Crippen molar-refractivity contribution in [1.29, 1.82) is 0 Å². The zero-order valence-corrected chi connectivity index (χ0v) is 12.1. The Bertz CT molecular complexity index is 256. The van der Waals surface area contributed by atoms with Crippen LogP contribution >= 0.6 is 0 Å². The summed E-state index contributed by atoms with van der Waals surface area (Å²) in [6.07, 6.45) is 0.188. The summed E-state index contributed by atoms with van der Waals surface area (Å²) in [6.45, 7) is 6.05. The molecular weight excluding hydrogens is 253 g/mol. The summed E-state index contributed by atoms with van der Waals surface area (Å²) in [5.74, 6) is 0.